The van der Waals surface area contributed by atoms with E-state index in [0.29, 0.717) is 0 Å². The van der Waals surface area contributed by atoms with Crippen molar-refractivity contribution in [3.8, 4) is 0 Å². The first-order valence-corrected chi connectivity index (χ1v) is 4.77. The smallest absolute Gasteiger partial charge is 0.344 e. The molecule has 0 radical (unpaired) electrons. The number of carbonyl (C=O) groups is 1. The van der Waals surface area contributed by atoms with Gasteiger partial charge in [-0.15, -0.1) is 0 Å². The number of esters is 1. The van der Waals surface area contributed by atoms with Crippen molar-refractivity contribution < 1.29 is 18.3 Å². The fourth-order valence-electron chi connectivity index (χ4n) is 1.05. The van der Waals surface area contributed by atoms with Gasteiger partial charge in [0.2, 0.25) is 0 Å². The van der Waals surface area contributed by atoms with Crippen LogP contribution < -0.4 is 0 Å². The van der Waals surface area contributed by atoms with Crippen LogP contribution >= 0.6 is 0 Å². The first-order valence-electron chi connectivity index (χ1n) is 4.77. The zero-order valence-electron chi connectivity index (χ0n) is 9.09. The van der Waals surface area contributed by atoms with E-state index in [0.717, 1.165) is 17.7 Å². The second-order valence-corrected chi connectivity index (χ2v) is 3.48. The molecular formula is C12H12F2O2. The van der Waals surface area contributed by atoms with Crippen LogP contribution in [0.3, 0.4) is 0 Å². The van der Waals surface area contributed by atoms with Crippen molar-refractivity contribution in [3.05, 3.63) is 47.0 Å². The maximum atomic E-state index is 13.1. The average Bonchev–Trinajstić information content (AvgIpc) is 2.16. The summed E-state index contributed by atoms with van der Waals surface area (Å²) >= 11 is 0. The van der Waals surface area contributed by atoms with Gasteiger partial charge in [0.05, 0.1) is 0 Å². The van der Waals surface area contributed by atoms with Crippen LogP contribution in [0, 0.1) is 11.6 Å². The molecule has 0 bridgehead atoms. The molecule has 0 unspecified atom stereocenters. The SMILES string of the molecule is CC(C)=CCOC(=O)c1c(F)cccc1F. The van der Waals surface area contributed by atoms with E-state index < -0.39 is 23.2 Å². The summed E-state index contributed by atoms with van der Waals surface area (Å²) in [4.78, 5) is 11.3. The van der Waals surface area contributed by atoms with Gasteiger partial charge in [-0.25, -0.2) is 13.6 Å². The third kappa shape index (κ3) is 3.15. The molecule has 16 heavy (non-hydrogen) atoms. The highest BCUT2D eigenvalue weighted by Crippen LogP contribution is 2.13. The van der Waals surface area contributed by atoms with E-state index in [1.807, 2.05) is 13.8 Å². The molecule has 1 aromatic carbocycles. The summed E-state index contributed by atoms with van der Waals surface area (Å²) in [5.74, 6) is -2.82. The molecule has 0 heterocycles. The molecule has 2 nitrogen and oxygen atoms in total. The fraction of sp³-hybridized carbons (Fsp3) is 0.250. The normalized spacial score (nSPS) is 9.75. The quantitative estimate of drug-likeness (QED) is 0.584. The summed E-state index contributed by atoms with van der Waals surface area (Å²) in [6, 6.07) is 3.22. The highest BCUT2D eigenvalue weighted by Gasteiger charge is 2.17. The Morgan fingerprint density at radius 2 is 1.88 bits per heavy atom. The van der Waals surface area contributed by atoms with E-state index >= 15 is 0 Å². The molecule has 0 saturated heterocycles. The third-order valence-electron chi connectivity index (χ3n) is 1.87. The Morgan fingerprint density at radius 3 is 2.38 bits per heavy atom. The van der Waals surface area contributed by atoms with Crippen molar-refractivity contribution in [1.82, 2.24) is 0 Å². The number of hydrogen-bond acceptors (Lipinski definition) is 2. The van der Waals surface area contributed by atoms with Crippen LogP contribution in [-0.2, 0) is 4.74 Å². The summed E-state index contributed by atoms with van der Waals surface area (Å²) in [5.41, 5.74) is 0.312. The Morgan fingerprint density at radius 1 is 1.31 bits per heavy atom. The third-order valence-corrected chi connectivity index (χ3v) is 1.87. The summed E-state index contributed by atoms with van der Waals surface area (Å²) in [5, 5.41) is 0. The first kappa shape index (κ1) is 12.4. The number of allylic oxidation sites excluding steroid dienone is 1. The van der Waals surface area contributed by atoms with Gasteiger partial charge in [0.1, 0.15) is 23.8 Å². The number of carbonyl (C=O) groups excluding carboxylic acids is 1. The van der Waals surface area contributed by atoms with Gasteiger partial charge >= 0.3 is 5.97 Å². The second-order valence-electron chi connectivity index (χ2n) is 3.48. The van der Waals surface area contributed by atoms with Gasteiger partial charge in [0.25, 0.3) is 0 Å². The lowest BCUT2D eigenvalue weighted by Crippen LogP contribution is -2.10. The largest absolute Gasteiger partial charge is 0.458 e. The van der Waals surface area contributed by atoms with Gasteiger partial charge in [-0.3, -0.25) is 0 Å². The van der Waals surface area contributed by atoms with Crippen LogP contribution in [-0.4, -0.2) is 12.6 Å². The average molecular weight is 226 g/mol. The standard InChI is InChI=1S/C12H12F2O2/c1-8(2)6-7-16-12(15)11-9(13)4-3-5-10(11)14/h3-6H,7H2,1-2H3. The van der Waals surface area contributed by atoms with Crippen LogP contribution in [0.2, 0.25) is 0 Å². The molecule has 0 aliphatic carbocycles. The molecule has 0 atom stereocenters. The van der Waals surface area contributed by atoms with Gasteiger partial charge in [-0.2, -0.15) is 0 Å². The van der Waals surface area contributed by atoms with Crippen molar-refractivity contribution >= 4 is 5.97 Å². The van der Waals surface area contributed by atoms with Crippen LogP contribution in [0.4, 0.5) is 8.78 Å². The lowest BCUT2D eigenvalue weighted by Gasteiger charge is -2.04. The highest BCUT2D eigenvalue weighted by atomic mass is 19.1. The maximum absolute atomic E-state index is 13.1. The van der Waals surface area contributed by atoms with Crippen molar-refractivity contribution in [2.24, 2.45) is 0 Å². The van der Waals surface area contributed by atoms with Gasteiger partial charge in [0, 0.05) is 0 Å². The molecular weight excluding hydrogens is 214 g/mol. The van der Waals surface area contributed by atoms with Crippen LogP contribution in [0.5, 0.6) is 0 Å². The Bertz CT molecular complexity index is 401. The van der Waals surface area contributed by atoms with E-state index in [1.165, 1.54) is 6.07 Å². The van der Waals surface area contributed by atoms with Gasteiger partial charge in [-0.1, -0.05) is 11.6 Å². The Balaban J connectivity index is 2.77. The van der Waals surface area contributed by atoms with E-state index in [1.54, 1.807) is 6.08 Å². The topological polar surface area (TPSA) is 26.3 Å². The van der Waals surface area contributed by atoms with Crippen molar-refractivity contribution in [3.63, 3.8) is 0 Å². The monoisotopic (exact) mass is 226 g/mol. The molecule has 4 heteroatoms. The Hall–Kier alpha value is -1.71. The number of ether oxygens (including phenoxy) is 1. The van der Waals surface area contributed by atoms with Crippen LogP contribution in [0.15, 0.2) is 29.8 Å². The fourth-order valence-corrected chi connectivity index (χ4v) is 1.05. The lowest BCUT2D eigenvalue weighted by molar-refractivity contribution is 0.0538. The Labute approximate surface area is 92.5 Å². The highest BCUT2D eigenvalue weighted by molar-refractivity contribution is 5.90. The van der Waals surface area contributed by atoms with Crippen LogP contribution in [0.25, 0.3) is 0 Å². The molecule has 0 N–H and O–H groups in total. The minimum absolute atomic E-state index is 0.00887. The van der Waals surface area contributed by atoms with Crippen molar-refractivity contribution in [2.75, 3.05) is 6.61 Å². The summed E-state index contributed by atoms with van der Waals surface area (Å²) in [7, 11) is 0. The molecule has 0 aromatic heterocycles. The van der Waals surface area contributed by atoms with Crippen molar-refractivity contribution in [2.45, 2.75) is 13.8 Å². The van der Waals surface area contributed by atoms with Crippen molar-refractivity contribution in [1.29, 1.82) is 0 Å². The first-order chi connectivity index (χ1) is 7.52. The summed E-state index contributed by atoms with van der Waals surface area (Å²) in [6.07, 6.45) is 1.65. The zero-order chi connectivity index (χ0) is 12.1. The van der Waals surface area contributed by atoms with Gasteiger partial charge < -0.3 is 4.74 Å². The molecule has 0 fully saturated rings. The minimum atomic E-state index is -0.993. The number of rotatable bonds is 3. The molecule has 0 amide bonds. The summed E-state index contributed by atoms with van der Waals surface area (Å²) in [6.45, 7) is 3.67. The van der Waals surface area contributed by atoms with E-state index in [9.17, 15) is 13.6 Å². The van der Waals surface area contributed by atoms with E-state index in [2.05, 4.69) is 0 Å². The number of halogens is 2. The van der Waals surface area contributed by atoms with E-state index in [4.69, 9.17) is 4.74 Å². The molecule has 1 aromatic rings. The maximum Gasteiger partial charge on any atom is 0.344 e. The second kappa shape index (κ2) is 5.39. The predicted octanol–water partition coefficient (Wildman–Crippen LogP) is 3.09. The Kier molecular flexibility index (Phi) is 4.17. The molecule has 0 aliphatic rings. The molecule has 0 saturated carbocycles. The summed E-state index contributed by atoms with van der Waals surface area (Å²) < 4.78 is 31.0. The molecule has 1 rings (SSSR count). The number of hydrogen-bond donors (Lipinski definition) is 0. The molecule has 0 aliphatic heterocycles. The van der Waals surface area contributed by atoms with Gasteiger partial charge in [-0.05, 0) is 32.1 Å². The molecule has 86 valence electrons. The predicted molar refractivity (Wildman–Crippen MR) is 56.1 cm³/mol. The minimum Gasteiger partial charge on any atom is -0.458 e. The zero-order valence-corrected chi connectivity index (χ0v) is 9.09. The number of benzene rings is 1. The van der Waals surface area contributed by atoms with E-state index in [-0.39, 0.29) is 6.61 Å². The molecule has 0 spiro atoms. The van der Waals surface area contributed by atoms with Crippen LogP contribution in [0.1, 0.15) is 24.2 Å². The van der Waals surface area contributed by atoms with Gasteiger partial charge in [0.15, 0.2) is 0 Å². The lowest BCUT2D eigenvalue weighted by atomic mass is 10.2.